The van der Waals surface area contributed by atoms with Crippen LogP contribution in [-0.2, 0) is 11.2 Å². The lowest BCUT2D eigenvalue weighted by molar-refractivity contribution is -0.118. The Kier molecular flexibility index (Phi) is 6.92. The summed E-state index contributed by atoms with van der Waals surface area (Å²) >= 11 is 5.03. The lowest BCUT2D eigenvalue weighted by atomic mass is 10.1. The minimum atomic E-state index is 0.349. The van der Waals surface area contributed by atoms with Gasteiger partial charge in [0.1, 0.15) is 5.78 Å². The molecular weight excluding hydrogens is 286 g/mol. The van der Waals surface area contributed by atoms with Crippen molar-refractivity contribution in [3.8, 4) is 0 Å². The van der Waals surface area contributed by atoms with Crippen LogP contribution in [0.3, 0.4) is 0 Å². The fourth-order valence-electron chi connectivity index (χ4n) is 1.55. The quantitative estimate of drug-likeness (QED) is 0.747. The first-order valence-corrected chi connectivity index (χ1v) is 7.34. The highest BCUT2D eigenvalue weighted by Gasteiger charge is 2.05. The standard InChI is InChI=1S/C12H18BrNOS/c13-10-7-12(16-9-10)8-11(15)5-3-1-2-4-6-14/h7,9H,1-6,8,14H2. The number of ketones is 1. The van der Waals surface area contributed by atoms with Crippen LogP contribution in [0.1, 0.15) is 37.0 Å². The highest BCUT2D eigenvalue weighted by molar-refractivity contribution is 9.10. The van der Waals surface area contributed by atoms with Gasteiger partial charge in [-0.25, -0.2) is 0 Å². The van der Waals surface area contributed by atoms with E-state index >= 15 is 0 Å². The van der Waals surface area contributed by atoms with E-state index in [-0.39, 0.29) is 0 Å². The zero-order valence-corrected chi connectivity index (χ0v) is 11.8. The van der Waals surface area contributed by atoms with Crippen molar-refractivity contribution in [3.63, 3.8) is 0 Å². The Morgan fingerprint density at radius 3 is 2.69 bits per heavy atom. The first kappa shape index (κ1) is 13.9. The summed E-state index contributed by atoms with van der Waals surface area (Å²) in [4.78, 5) is 12.8. The smallest absolute Gasteiger partial charge is 0.138 e. The largest absolute Gasteiger partial charge is 0.330 e. The van der Waals surface area contributed by atoms with Crippen molar-refractivity contribution in [1.82, 2.24) is 0 Å². The van der Waals surface area contributed by atoms with Gasteiger partial charge in [0.05, 0.1) is 0 Å². The van der Waals surface area contributed by atoms with Gasteiger partial charge in [-0.05, 0) is 41.4 Å². The Hall–Kier alpha value is -0.190. The van der Waals surface area contributed by atoms with E-state index in [0.717, 1.165) is 41.6 Å². The molecule has 0 radical (unpaired) electrons. The molecule has 16 heavy (non-hydrogen) atoms. The molecule has 0 bridgehead atoms. The monoisotopic (exact) mass is 303 g/mol. The van der Waals surface area contributed by atoms with Crippen LogP contribution in [-0.4, -0.2) is 12.3 Å². The third-order valence-electron chi connectivity index (χ3n) is 2.40. The molecule has 1 aromatic rings. The Morgan fingerprint density at radius 1 is 1.31 bits per heavy atom. The zero-order chi connectivity index (χ0) is 11.8. The van der Waals surface area contributed by atoms with Gasteiger partial charge in [-0.15, -0.1) is 11.3 Å². The molecule has 2 N–H and O–H groups in total. The summed E-state index contributed by atoms with van der Waals surface area (Å²) in [5.41, 5.74) is 5.41. The van der Waals surface area contributed by atoms with Gasteiger partial charge < -0.3 is 5.73 Å². The molecule has 0 amide bonds. The van der Waals surface area contributed by atoms with E-state index in [4.69, 9.17) is 5.73 Å². The third-order valence-corrected chi connectivity index (χ3v) is 4.10. The van der Waals surface area contributed by atoms with E-state index in [1.54, 1.807) is 11.3 Å². The van der Waals surface area contributed by atoms with E-state index in [0.29, 0.717) is 18.6 Å². The van der Waals surface area contributed by atoms with E-state index in [2.05, 4.69) is 15.9 Å². The van der Waals surface area contributed by atoms with Crippen LogP contribution < -0.4 is 5.73 Å². The SMILES string of the molecule is NCCCCCCC(=O)Cc1cc(Br)cs1. The predicted octanol–water partition coefficient (Wildman–Crippen LogP) is 3.53. The number of nitrogens with two attached hydrogens (primary N) is 1. The van der Waals surface area contributed by atoms with Crippen molar-refractivity contribution in [2.45, 2.75) is 38.5 Å². The molecule has 0 saturated carbocycles. The second kappa shape index (κ2) is 7.98. The molecule has 1 rings (SSSR count). The van der Waals surface area contributed by atoms with E-state index in [1.165, 1.54) is 0 Å². The van der Waals surface area contributed by atoms with Gasteiger partial charge >= 0.3 is 0 Å². The second-order valence-electron chi connectivity index (χ2n) is 3.90. The van der Waals surface area contributed by atoms with Crippen molar-refractivity contribution in [3.05, 3.63) is 20.8 Å². The van der Waals surface area contributed by atoms with Crippen LogP contribution in [0, 0.1) is 0 Å². The predicted molar refractivity (Wildman–Crippen MR) is 72.9 cm³/mol. The molecule has 4 heteroatoms. The number of thiophene rings is 1. The Bertz CT molecular complexity index is 325. The van der Waals surface area contributed by atoms with E-state index in [9.17, 15) is 4.79 Å². The van der Waals surface area contributed by atoms with Crippen LogP contribution in [0.25, 0.3) is 0 Å². The van der Waals surface area contributed by atoms with Crippen LogP contribution in [0.4, 0.5) is 0 Å². The molecule has 0 aliphatic carbocycles. The average Bonchev–Trinajstić information content (AvgIpc) is 2.63. The molecule has 0 aromatic carbocycles. The van der Waals surface area contributed by atoms with Gasteiger partial charge in [0, 0.05) is 27.6 Å². The Labute approximate surface area is 109 Å². The summed E-state index contributed by atoms with van der Waals surface area (Å²) in [5.74, 6) is 0.349. The normalized spacial score (nSPS) is 10.6. The maximum Gasteiger partial charge on any atom is 0.138 e. The summed E-state index contributed by atoms with van der Waals surface area (Å²) in [5, 5.41) is 2.02. The molecule has 0 aliphatic rings. The molecule has 0 aliphatic heterocycles. The van der Waals surface area contributed by atoms with E-state index in [1.807, 2.05) is 11.4 Å². The Balaban J connectivity index is 2.11. The number of Topliss-reactive ketones (excluding diaryl/α,β-unsaturated/α-hetero) is 1. The van der Waals surface area contributed by atoms with Gasteiger partial charge in [0.2, 0.25) is 0 Å². The lowest BCUT2D eigenvalue weighted by Crippen LogP contribution is -2.01. The second-order valence-corrected chi connectivity index (χ2v) is 5.81. The lowest BCUT2D eigenvalue weighted by Gasteiger charge is -1.99. The zero-order valence-electron chi connectivity index (χ0n) is 9.38. The highest BCUT2D eigenvalue weighted by Crippen LogP contribution is 2.20. The Morgan fingerprint density at radius 2 is 2.06 bits per heavy atom. The van der Waals surface area contributed by atoms with Gasteiger partial charge in [-0.1, -0.05) is 12.8 Å². The number of unbranched alkanes of at least 4 members (excludes halogenated alkanes) is 3. The molecule has 0 spiro atoms. The number of hydrogen-bond donors (Lipinski definition) is 1. The first-order chi connectivity index (χ1) is 7.72. The molecule has 0 saturated heterocycles. The fourth-order valence-corrected chi connectivity index (χ4v) is 3.03. The van der Waals surface area contributed by atoms with E-state index < -0.39 is 0 Å². The molecule has 0 atom stereocenters. The van der Waals surface area contributed by atoms with Crippen molar-refractivity contribution in [1.29, 1.82) is 0 Å². The molecular formula is C12H18BrNOS. The summed E-state index contributed by atoms with van der Waals surface area (Å²) in [7, 11) is 0. The summed E-state index contributed by atoms with van der Waals surface area (Å²) in [6, 6.07) is 2.02. The van der Waals surface area contributed by atoms with Gasteiger partial charge in [-0.3, -0.25) is 4.79 Å². The molecule has 1 aromatic heterocycles. The van der Waals surface area contributed by atoms with Crippen LogP contribution >= 0.6 is 27.3 Å². The van der Waals surface area contributed by atoms with Crippen molar-refractivity contribution in [2.24, 2.45) is 5.73 Å². The van der Waals surface area contributed by atoms with Gasteiger partial charge in [0.25, 0.3) is 0 Å². The third kappa shape index (κ3) is 5.77. The fraction of sp³-hybridized carbons (Fsp3) is 0.583. The van der Waals surface area contributed by atoms with Gasteiger partial charge in [-0.2, -0.15) is 0 Å². The maximum atomic E-state index is 11.6. The topological polar surface area (TPSA) is 43.1 Å². The van der Waals surface area contributed by atoms with Crippen LogP contribution in [0.5, 0.6) is 0 Å². The number of halogens is 1. The summed E-state index contributed by atoms with van der Waals surface area (Å²) in [6.07, 6.45) is 5.65. The van der Waals surface area contributed by atoms with Crippen molar-refractivity contribution >= 4 is 33.0 Å². The van der Waals surface area contributed by atoms with Gasteiger partial charge in [0.15, 0.2) is 0 Å². The molecule has 90 valence electrons. The van der Waals surface area contributed by atoms with Crippen molar-refractivity contribution in [2.75, 3.05) is 6.54 Å². The molecule has 0 unspecified atom stereocenters. The number of carbonyl (C=O) groups is 1. The number of carbonyl (C=O) groups excluding carboxylic acids is 1. The summed E-state index contributed by atoms with van der Waals surface area (Å²) in [6.45, 7) is 0.761. The first-order valence-electron chi connectivity index (χ1n) is 5.67. The maximum absolute atomic E-state index is 11.6. The van der Waals surface area contributed by atoms with Crippen molar-refractivity contribution < 1.29 is 4.79 Å². The minimum absolute atomic E-state index is 0.349. The van der Waals surface area contributed by atoms with Crippen LogP contribution in [0.15, 0.2) is 15.9 Å². The number of hydrogen-bond acceptors (Lipinski definition) is 3. The molecule has 1 heterocycles. The van der Waals surface area contributed by atoms with Crippen LogP contribution in [0.2, 0.25) is 0 Å². The number of rotatable bonds is 8. The molecule has 0 fully saturated rings. The minimum Gasteiger partial charge on any atom is -0.330 e. The molecule has 2 nitrogen and oxygen atoms in total. The average molecular weight is 304 g/mol. The summed E-state index contributed by atoms with van der Waals surface area (Å²) < 4.78 is 1.07. The highest BCUT2D eigenvalue weighted by atomic mass is 79.9.